The zero-order valence-corrected chi connectivity index (χ0v) is 12.9. The van der Waals surface area contributed by atoms with Crippen LogP contribution in [0.2, 0.25) is 0 Å². The fraction of sp³-hybridized carbons (Fsp3) is 0.235. The molecule has 0 unspecified atom stereocenters. The highest BCUT2D eigenvalue weighted by Crippen LogP contribution is 2.27. The van der Waals surface area contributed by atoms with E-state index in [2.05, 4.69) is 12.2 Å². The van der Waals surface area contributed by atoms with Gasteiger partial charge in [-0.2, -0.15) is 0 Å². The first kappa shape index (κ1) is 15.6. The highest BCUT2D eigenvalue weighted by Gasteiger charge is 2.11. The van der Waals surface area contributed by atoms with Crippen LogP contribution in [-0.4, -0.2) is 11.7 Å². The molecule has 0 aliphatic rings. The van der Waals surface area contributed by atoms with Crippen LogP contribution in [0.5, 0.6) is 0 Å². The third-order valence-corrected chi connectivity index (χ3v) is 4.33. The first-order valence-electron chi connectivity index (χ1n) is 6.79. The fourth-order valence-corrected chi connectivity index (χ4v) is 2.75. The van der Waals surface area contributed by atoms with Crippen molar-refractivity contribution in [2.45, 2.75) is 19.1 Å². The van der Waals surface area contributed by atoms with E-state index in [0.717, 1.165) is 5.56 Å². The van der Waals surface area contributed by atoms with Crippen LogP contribution >= 0.6 is 11.8 Å². The van der Waals surface area contributed by atoms with Crippen molar-refractivity contribution >= 4 is 23.4 Å². The summed E-state index contributed by atoms with van der Waals surface area (Å²) in [6.07, 6.45) is 0. The molecular weight excluding hydrogens is 285 g/mol. The number of thioether (sulfide) groups is 1. The van der Waals surface area contributed by atoms with Crippen molar-refractivity contribution in [3.8, 4) is 0 Å². The fourth-order valence-electron chi connectivity index (χ4n) is 1.93. The molecule has 2 aromatic carbocycles. The van der Waals surface area contributed by atoms with Crippen molar-refractivity contribution in [3.05, 3.63) is 65.5 Å². The number of carbonyl (C=O) groups is 1. The maximum atomic E-state index is 13.7. The third-order valence-electron chi connectivity index (χ3n) is 3.13. The number of rotatable bonds is 5. The molecule has 1 amide bonds. The molecule has 0 saturated heterocycles. The summed E-state index contributed by atoms with van der Waals surface area (Å²) in [7, 11) is 0. The predicted octanol–water partition coefficient (Wildman–Crippen LogP) is 4.57. The number of nitrogens with one attached hydrogen (secondary N) is 1. The Morgan fingerprint density at radius 1 is 1.24 bits per heavy atom. The van der Waals surface area contributed by atoms with Crippen molar-refractivity contribution in [1.29, 1.82) is 0 Å². The second kappa shape index (κ2) is 7.27. The van der Waals surface area contributed by atoms with E-state index in [-0.39, 0.29) is 16.8 Å². The number of anilines is 1. The lowest BCUT2D eigenvalue weighted by atomic mass is 10.2. The Bertz CT molecular complexity index is 615. The highest BCUT2D eigenvalue weighted by molar-refractivity contribution is 8.00. The van der Waals surface area contributed by atoms with E-state index in [4.69, 9.17) is 0 Å². The number of aryl methyl sites for hydroxylation is 1. The number of carbonyl (C=O) groups excluding carboxylic acids is 1. The standard InChI is InChI=1S/C17H18FNOS/c1-12-8-9-16(15(18)10-12)19-17(20)11-21-13(2)14-6-4-3-5-7-14/h3-10,13H,11H2,1-2H3,(H,19,20)/t13-/m1/s1. The van der Waals surface area contributed by atoms with Gasteiger partial charge in [-0.05, 0) is 37.1 Å². The van der Waals surface area contributed by atoms with Gasteiger partial charge in [0.1, 0.15) is 5.82 Å². The molecule has 1 atom stereocenters. The Kier molecular flexibility index (Phi) is 5.39. The minimum Gasteiger partial charge on any atom is -0.323 e. The van der Waals surface area contributed by atoms with Gasteiger partial charge in [-0.25, -0.2) is 4.39 Å². The lowest BCUT2D eigenvalue weighted by Crippen LogP contribution is -2.15. The van der Waals surface area contributed by atoms with E-state index in [1.54, 1.807) is 12.1 Å². The molecule has 0 aromatic heterocycles. The van der Waals surface area contributed by atoms with Gasteiger partial charge in [-0.15, -0.1) is 11.8 Å². The van der Waals surface area contributed by atoms with Gasteiger partial charge in [0.2, 0.25) is 5.91 Å². The van der Waals surface area contributed by atoms with Crippen molar-refractivity contribution in [2.24, 2.45) is 0 Å². The summed E-state index contributed by atoms with van der Waals surface area (Å²) < 4.78 is 13.7. The topological polar surface area (TPSA) is 29.1 Å². The normalized spacial score (nSPS) is 12.0. The van der Waals surface area contributed by atoms with E-state index in [1.807, 2.05) is 37.3 Å². The van der Waals surface area contributed by atoms with Gasteiger partial charge >= 0.3 is 0 Å². The number of halogens is 1. The molecule has 1 N–H and O–H groups in total. The second-order valence-electron chi connectivity index (χ2n) is 4.90. The summed E-state index contributed by atoms with van der Waals surface area (Å²) in [6, 6.07) is 14.8. The minimum atomic E-state index is -0.399. The van der Waals surface area contributed by atoms with Gasteiger partial charge in [0.15, 0.2) is 0 Å². The average molecular weight is 303 g/mol. The van der Waals surface area contributed by atoms with Gasteiger partial charge < -0.3 is 5.32 Å². The smallest absolute Gasteiger partial charge is 0.234 e. The van der Waals surface area contributed by atoms with Gasteiger partial charge in [0.25, 0.3) is 0 Å². The molecular formula is C17H18FNOS. The molecule has 110 valence electrons. The minimum absolute atomic E-state index is 0.189. The van der Waals surface area contributed by atoms with Crippen molar-refractivity contribution in [2.75, 3.05) is 11.1 Å². The zero-order valence-electron chi connectivity index (χ0n) is 12.1. The summed E-state index contributed by atoms with van der Waals surface area (Å²) in [5, 5.41) is 2.83. The summed E-state index contributed by atoms with van der Waals surface area (Å²) >= 11 is 1.53. The van der Waals surface area contributed by atoms with Crippen LogP contribution in [0.4, 0.5) is 10.1 Å². The maximum Gasteiger partial charge on any atom is 0.234 e. The zero-order chi connectivity index (χ0) is 15.2. The van der Waals surface area contributed by atoms with E-state index >= 15 is 0 Å². The summed E-state index contributed by atoms with van der Waals surface area (Å²) in [4.78, 5) is 11.9. The average Bonchev–Trinajstić information content (AvgIpc) is 2.48. The van der Waals surface area contributed by atoms with Crippen molar-refractivity contribution in [1.82, 2.24) is 0 Å². The molecule has 0 aliphatic heterocycles. The van der Waals surface area contributed by atoms with Gasteiger partial charge in [-0.1, -0.05) is 36.4 Å². The van der Waals surface area contributed by atoms with Gasteiger partial charge in [0.05, 0.1) is 11.4 Å². The maximum absolute atomic E-state index is 13.7. The molecule has 2 nitrogen and oxygen atoms in total. The lowest BCUT2D eigenvalue weighted by Gasteiger charge is -2.12. The Labute approximate surface area is 128 Å². The number of amides is 1. The molecule has 0 bridgehead atoms. The molecule has 0 radical (unpaired) electrons. The quantitative estimate of drug-likeness (QED) is 0.877. The molecule has 2 aromatic rings. The van der Waals surface area contributed by atoms with Gasteiger partial charge in [0, 0.05) is 5.25 Å². The third kappa shape index (κ3) is 4.60. The first-order valence-corrected chi connectivity index (χ1v) is 7.83. The van der Waals surface area contributed by atoms with E-state index in [9.17, 15) is 9.18 Å². The molecule has 0 heterocycles. The lowest BCUT2D eigenvalue weighted by molar-refractivity contribution is -0.113. The highest BCUT2D eigenvalue weighted by atomic mass is 32.2. The number of hydrogen-bond acceptors (Lipinski definition) is 2. The molecule has 0 spiro atoms. The summed E-state index contributed by atoms with van der Waals surface area (Å²) in [5.41, 5.74) is 2.24. The molecule has 0 fully saturated rings. The summed E-state index contributed by atoms with van der Waals surface area (Å²) in [5.74, 6) is -0.293. The Hall–Kier alpha value is -1.81. The largest absolute Gasteiger partial charge is 0.323 e. The van der Waals surface area contributed by atoms with Crippen LogP contribution in [0.1, 0.15) is 23.3 Å². The van der Waals surface area contributed by atoms with Crippen molar-refractivity contribution in [3.63, 3.8) is 0 Å². The first-order chi connectivity index (χ1) is 10.1. The summed E-state index contributed by atoms with van der Waals surface area (Å²) in [6.45, 7) is 3.87. The molecule has 4 heteroatoms. The van der Waals surface area contributed by atoms with Gasteiger partial charge in [-0.3, -0.25) is 4.79 Å². The number of hydrogen-bond donors (Lipinski definition) is 1. The second-order valence-corrected chi connectivity index (χ2v) is 6.22. The van der Waals surface area contributed by atoms with E-state index < -0.39 is 5.82 Å². The van der Waals surface area contributed by atoms with E-state index in [1.165, 1.54) is 23.4 Å². The Morgan fingerprint density at radius 3 is 2.62 bits per heavy atom. The number of benzene rings is 2. The SMILES string of the molecule is Cc1ccc(NC(=O)CS[C@H](C)c2ccccc2)c(F)c1. The Morgan fingerprint density at radius 2 is 1.95 bits per heavy atom. The molecule has 21 heavy (non-hydrogen) atoms. The monoisotopic (exact) mass is 303 g/mol. The molecule has 0 aliphatic carbocycles. The van der Waals surface area contributed by atoms with Crippen LogP contribution in [0.15, 0.2) is 48.5 Å². The molecule has 0 saturated carbocycles. The predicted molar refractivity (Wildman–Crippen MR) is 87.1 cm³/mol. The van der Waals surface area contributed by atoms with Crippen molar-refractivity contribution < 1.29 is 9.18 Å². The Balaban J connectivity index is 1.87. The molecule has 2 rings (SSSR count). The van der Waals surface area contributed by atoms with Crippen LogP contribution in [-0.2, 0) is 4.79 Å². The van der Waals surface area contributed by atoms with Crippen LogP contribution < -0.4 is 5.32 Å². The van der Waals surface area contributed by atoms with Crippen LogP contribution in [0.25, 0.3) is 0 Å². The van der Waals surface area contributed by atoms with E-state index in [0.29, 0.717) is 5.75 Å². The van der Waals surface area contributed by atoms with Crippen LogP contribution in [0, 0.1) is 12.7 Å². The van der Waals surface area contributed by atoms with Crippen LogP contribution in [0.3, 0.4) is 0 Å².